The van der Waals surface area contributed by atoms with Crippen molar-refractivity contribution in [1.29, 1.82) is 0 Å². The fourth-order valence-corrected chi connectivity index (χ4v) is 2.87. The van der Waals surface area contributed by atoms with Crippen LogP contribution < -0.4 is 5.32 Å². The Labute approximate surface area is 110 Å². The largest absolute Gasteiger partial charge is 0.376 e. The molecule has 88 valence electrons. The van der Waals surface area contributed by atoms with Crippen LogP contribution in [0.5, 0.6) is 0 Å². The van der Waals surface area contributed by atoms with E-state index in [0.29, 0.717) is 9.23 Å². The molecule has 1 aliphatic rings. The highest BCUT2D eigenvalue weighted by molar-refractivity contribution is 8.26. The lowest BCUT2D eigenvalue weighted by Crippen LogP contribution is -2.20. The molecule has 2 rings (SSSR count). The molecule has 0 aliphatic carbocycles. The third-order valence-electron chi connectivity index (χ3n) is 2.33. The monoisotopic (exact) mass is 264 g/mol. The minimum absolute atomic E-state index is 0.118. The fraction of sp³-hybridized carbons (Fsp3) is 0.167. The summed E-state index contributed by atoms with van der Waals surface area (Å²) in [5.41, 5.74) is 1.91. The van der Waals surface area contributed by atoms with Crippen LogP contribution in [0, 0.1) is 0 Å². The topological polar surface area (TPSA) is 32.3 Å². The lowest BCUT2D eigenvalue weighted by atomic mass is 10.1. The number of carbonyl (C=O) groups is 1. The van der Waals surface area contributed by atoms with Crippen LogP contribution in [0.4, 0.5) is 0 Å². The van der Waals surface area contributed by atoms with Crippen molar-refractivity contribution in [2.75, 3.05) is 14.1 Å². The predicted octanol–water partition coefficient (Wildman–Crippen LogP) is 2.06. The number of amides is 1. The molecule has 0 unspecified atom stereocenters. The number of nitrogens with one attached hydrogen (secondary N) is 1. The van der Waals surface area contributed by atoms with Crippen LogP contribution in [-0.2, 0) is 4.79 Å². The molecule has 0 bridgehead atoms. The molecule has 0 aromatic heterocycles. The van der Waals surface area contributed by atoms with Crippen molar-refractivity contribution >= 4 is 39.9 Å². The van der Waals surface area contributed by atoms with Crippen molar-refractivity contribution < 1.29 is 4.79 Å². The standard InChI is InChI=1S/C12H12N2OS2/c1-14(2)9(8-6-4-3-5-7-8)10-11(15)13-12(16)17-10/h3-7H,1-2H3,(H,13,15,16). The summed E-state index contributed by atoms with van der Waals surface area (Å²) in [6, 6.07) is 9.83. The molecule has 0 atom stereocenters. The molecule has 0 saturated carbocycles. The number of thioether (sulfide) groups is 1. The Morgan fingerprint density at radius 2 is 1.94 bits per heavy atom. The summed E-state index contributed by atoms with van der Waals surface area (Å²) in [4.78, 5) is 14.4. The molecule has 3 nitrogen and oxygen atoms in total. The first-order chi connectivity index (χ1) is 8.09. The average molecular weight is 264 g/mol. The Morgan fingerprint density at radius 3 is 2.41 bits per heavy atom. The fourth-order valence-electron chi connectivity index (χ4n) is 1.66. The minimum Gasteiger partial charge on any atom is -0.376 e. The average Bonchev–Trinajstić information content (AvgIpc) is 2.59. The minimum atomic E-state index is -0.118. The van der Waals surface area contributed by atoms with Gasteiger partial charge in [0.25, 0.3) is 5.91 Å². The summed E-state index contributed by atoms with van der Waals surface area (Å²) >= 11 is 6.32. The molecule has 1 saturated heterocycles. The summed E-state index contributed by atoms with van der Waals surface area (Å²) in [7, 11) is 3.84. The first-order valence-electron chi connectivity index (χ1n) is 5.10. The molecular formula is C12H12N2OS2. The van der Waals surface area contributed by atoms with Gasteiger partial charge in [0.15, 0.2) is 0 Å². The smallest absolute Gasteiger partial charge is 0.265 e. The molecule has 1 aliphatic heterocycles. The first kappa shape index (κ1) is 12.1. The van der Waals surface area contributed by atoms with Gasteiger partial charge in [-0.1, -0.05) is 54.3 Å². The molecule has 0 radical (unpaired) electrons. The SMILES string of the molecule is CN(C)C(=C1SC(=S)NC1=O)c1ccccc1. The van der Waals surface area contributed by atoms with Crippen LogP contribution >= 0.6 is 24.0 Å². The molecule has 5 heteroatoms. The summed E-state index contributed by atoms with van der Waals surface area (Å²) in [5, 5.41) is 2.64. The molecule has 1 aromatic rings. The number of nitrogens with zero attached hydrogens (tertiary/aromatic N) is 1. The van der Waals surface area contributed by atoms with Gasteiger partial charge in [-0.25, -0.2) is 0 Å². The number of benzene rings is 1. The van der Waals surface area contributed by atoms with Crippen LogP contribution in [0.25, 0.3) is 5.70 Å². The summed E-state index contributed by atoms with van der Waals surface area (Å²) < 4.78 is 0.514. The van der Waals surface area contributed by atoms with Gasteiger partial charge in [0, 0.05) is 14.1 Å². The maximum Gasteiger partial charge on any atom is 0.265 e. The molecular weight excluding hydrogens is 252 g/mol. The van der Waals surface area contributed by atoms with Gasteiger partial charge in [-0.15, -0.1) is 0 Å². The number of hydrogen-bond donors (Lipinski definition) is 1. The highest BCUT2D eigenvalue weighted by atomic mass is 32.2. The lowest BCUT2D eigenvalue weighted by molar-refractivity contribution is -0.115. The normalized spacial score (nSPS) is 18.0. The molecule has 1 N–H and O–H groups in total. The number of rotatable bonds is 2. The lowest BCUT2D eigenvalue weighted by Gasteiger charge is -2.18. The second-order valence-corrected chi connectivity index (χ2v) is 5.47. The summed E-state index contributed by atoms with van der Waals surface area (Å²) in [6.07, 6.45) is 0. The predicted molar refractivity (Wildman–Crippen MR) is 75.4 cm³/mol. The van der Waals surface area contributed by atoms with Crippen LogP contribution in [0.3, 0.4) is 0 Å². The van der Waals surface area contributed by atoms with Gasteiger partial charge in [0.1, 0.15) is 9.23 Å². The van der Waals surface area contributed by atoms with Gasteiger partial charge in [-0.05, 0) is 5.56 Å². The van der Waals surface area contributed by atoms with Crippen LogP contribution in [0.2, 0.25) is 0 Å². The van der Waals surface area contributed by atoms with E-state index in [0.717, 1.165) is 11.3 Å². The van der Waals surface area contributed by atoms with Crippen LogP contribution in [0.1, 0.15) is 5.56 Å². The zero-order valence-corrected chi connectivity index (χ0v) is 11.2. The highest BCUT2D eigenvalue weighted by Crippen LogP contribution is 2.32. The molecule has 1 amide bonds. The maximum atomic E-state index is 11.8. The molecule has 1 fully saturated rings. The van der Waals surface area contributed by atoms with E-state index in [2.05, 4.69) is 5.32 Å². The van der Waals surface area contributed by atoms with Crippen molar-refractivity contribution in [3.63, 3.8) is 0 Å². The molecule has 1 heterocycles. The second kappa shape index (κ2) is 4.89. The van der Waals surface area contributed by atoms with E-state index in [1.54, 1.807) is 0 Å². The van der Waals surface area contributed by atoms with E-state index in [1.165, 1.54) is 11.8 Å². The summed E-state index contributed by atoms with van der Waals surface area (Å²) in [6.45, 7) is 0. The first-order valence-corrected chi connectivity index (χ1v) is 6.32. The van der Waals surface area contributed by atoms with Gasteiger partial charge >= 0.3 is 0 Å². The Bertz CT molecular complexity index is 494. The van der Waals surface area contributed by atoms with Gasteiger partial charge in [0.05, 0.1) is 5.70 Å². The Hall–Kier alpha value is -1.33. The number of thiocarbonyl (C=S) groups is 1. The van der Waals surface area contributed by atoms with Crippen LogP contribution in [0.15, 0.2) is 35.2 Å². The zero-order chi connectivity index (χ0) is 12.4. The third kappa shape index (κ3) is 2.50. The van der Waals surface area contributed by atoms with E-state index in [9.17, 15) is 4.79 Å². The second-order valence-electron chi connectivity index (χ2n) is 3.78. The third-order valence-corrected chi connectivity index (χ3v) is 3.55. The zero-order valence-electron chi connectivity index (χ0n) is 9.56. The maximum absolute atomic E-state index is 11.8. The summed E-state index contributed by atoms with van der Waals surface area (Å²) in [5.74, 6) is -0.118. The van der Waals surface area contributed by atoms with Crippen molar-refractivity contribution in [3.8, 4) is 0 Å². The van der Waals surface area contributed by atoms with Gasteiger partial charge in [-0.2, -0.15) is 0 Å². The van der Waals surface area contributed by atoms with Gasteiger partial charge < -0.3 is 10.2 Å². The Balaban J connectivity index is 2.53. The van der Waals surface area contributed by atoms with Crippen LogP contribution in [-0.4, -0.2) is 29.2 Å². The highest BCUT2D eigenvalue weighted by Gasteiger charge is 2.27. The van der Waals surface area contributed by atoms with E-state index in [1.807, 2.05) is 49.3 Å². The molecule has 17 heavy (non-hydrogen) atoms. The molecule has 1 aromatic carbocycles. The molecule has 0 spiro atoms. The van der Waals surface area contributed by atoms with E-state index in [4.69, 9.17) is 12.2 Å². The quantitative estimate of drug-likeness (QED) is 0.654. The van der Waals surface area contributed by atoms with Crippen molar-refractivity contribution in [3.05, 3.63) is 40.8 Å². The van der Waals surface area contributed by atoms with Crippen molar-refractivity contribution in [2.45, 2.75) is 0 Å². The van der Waals surface area contributed by atoms with Gasteiger partial charge in [-0.3, -0.25) is 4.79 Å². The van der Waals surface area contributed by atoms with E-state index >= 15 is 0 Å². The number of hydrogen-bond acceptors (Lipinski definition) is 4. The number of carbonyl (C=O) groups excluding carboxylic acids is 1. The van der Waals surface area contributed by atoms with E-state index in [-0.39, 0.29) is 5.91 Å². The van der Waals surface area contributed by atoms with E-state index < -0.39 is 0 Å². The Kier molecular flexibility index (Phi) is 3.49. The Morgan fingerprint density at radius 1 is 1.29 bits per heavy atom. The van der Waals surface area contributed by atoms with Crippen molar-refractivity contribution in [1.82, 2.24) is 10.2 Å². The van der Waals surface area contributed by atoms with Crippen molar-refractivity contribution in [2.24, 2.45) is 0 Å². The van der Waals surface area contributed by atoms with Gasteiger partial charge in [0.2, 0.25) is 0 Å².